The van der Waals surface area contributed by atoms with Crippen LogP contribution in [0.15, 0.2) is 28.8 Å². The lowest BCUT2D eigenvalue weighted by Crippen LogP contribution is -2.03. The summed E-state index contributed by atoms with van der Waals surface area (Å²) in [6.07, 6.45) is 2.55. The van der Waals surface area contributed by atoms with E-state index in [2.05, 4.69) is 15.9 Å². The Morgan fingerprint density at radius 1 is 1.43 bits per heavy atom. The van der Waals surface area contributed by atoms with Crippen LogP contribution >= 0.6 is 15.9 Å². The van der Waals surface area contributed by atoms with Crippen molar-refractivity contribution in [2.45, 2.75) is 6.92 Å². The molecule has 1 aromatic carbocycles. The van der Waals surface area contributed by atoms with Crippen molar-refractivity contribution in [3.63, 3.8) is 0 Å². The van der Waals surface area contributed by atoms with Gasteiger partial charge in [-0.3, -0.25) is 4.79 Å². The Kier molecular flexibility index (Phi) is 3.52. The highest BCUT2D eigenvalue weighted by Gasteiger charge is 2.17. The molecule has 0 heterocycles. The van der Waals surface area contributed by atoms with Crippen LogP contribution in [0.3, 0.4) is 0 Å². The molecule has 0 aromatic heterocycles. The number of carbonyl (C=O) groups is 1. The van der Waals surface area contributed by atoms with E-state index in [4.69, 9.17) is 0 Å². The van der Waals surface area contributed by atoms with Gasteiger partial charge in [-0.1, -0.05) is 6.08 Å². The molecular formula is C10H7BrF2O. The Labute approximate surface area is 88.6 Å². The maximum atomic E-state index is 13.3. The molecule has 1 nitrogen and oxygen atoms in total. The van der Waals surface area contributed by atoms with Gasteiger partial charge >= 0.3 is 0 Å². The van der Waals surface area contributed by atoms with Gasteiger partial charge in [0.1, 0.15) is 5.82 Å². The predicted octanol–water partition coefficient (Wildman–Crippen LogP) is 3.49. The average Bonchev–Trinajstić information content (AvgIpc) is 2.13. The zero-order valence-electron chi connectivity index (χ0n) is 7.35. The number of hydrogen-bond acceptors (Lipinski definition) is 1. The number of hydrogen-bond donors (Lipinski definition) is 0. The van der Waals surface area contributed by atoms with Crippen LogP contribution < -0.4 is 0 Å². The lowest BCUT2D eigenvalue weighted by Gasteiger charge is -2.02. The van der Waals surface area contributed by atoms with E-state index >= 15 is 0 Å². The highest BCUT2D eigenvalue weighted by molar-refractivity contribution is 9.10. The summed E-state index contributed by atoms with van der Waals surface area (Å²) in [7, 11) is 0. The first-order chi connectivity index (χ1) is 6.57. The first-order valence-electron chi connectivity index (χ1n) is 3.88. The Bertz CT molecular complexity index is 399. The number of carbonyl (C=O) groups excluding carboxylic acids is 1. The average molecular weight is 261 g/mol. The van der Waals surface area contributed by atoms with Crippen molar-refractivity contribution in [3.8, 4) is 0 Å². The molecule has 0 N–H and O–H groups in total. The molecule has 4 heteroatoms. The number of halogens is 3. The molecule has 0 spiro atoms. The maximum Gasteiger partial charge on any atom is 0.191 e. The van der Waals surface area contributed by atoms with E-state index in [1.807, 2.05) is 0 Å². The topological polar surface area (TPSA) is 17.1 Å². The summed E-state index contributed by atoms with van der Waals surface area (Å²) in [6.45, 7) is 1.60. The van der Waals surface area contributed by atoms with Crippen LogP contribution in [0.5, 0.6) is 0 Å². The zero-order valence-corrected chi connectivity index (χ0v) is 8.94. The zero-order chi connectivity index (χ0) is 10.7. The molecule has 1 rings (SSSR count). The Morgan fingerprint density at radius 2 is 2.07 bits per heavy atom. The fourth-order valence-corrected chi connectivity index (χ4v) is 1.32. The molecular weight excluding hydrogens is 254 g/mol. The minimum absolute atomic E-state index is 0.0757. The van der Waals surface area contributed by atoms with Crippen molar-refractivity contribution >= 4 is 21.7 Å². The fourth-order valence-electron chi connectivity index (χ4n) is 0.988. The molecule has 1 aromatic rings. The van der Waals surface area contributed by atoms with Crippen LogP contribution in [0, 0.1) is 11.6 Å². The van der Waals surface area contributed by atoms with Crippen LogP contribution in [0.1, 0.15) is 17.3 Å². The summed E-state index contributed by atoms with van der Waals surface area (Å²) < 4.78 is 26.5. The molecule has 0 aliphatic heterocycles. The Morgan fingerprint density at radius 3 is 2.64 bits per heavy atom. The molecule has 0 bridgehead atoms. The molecule has 14 heavy (non-hydrogen) atoms. The van der Waals surface area contributed by atoms with Crippen LogP contribution in [-0.4, -0.2) is 5.78 Å². The van der Waals surface area contributed by atoms with Gasteiger partial charge in [-0.25, -0.2) is 8.78 Å². The summed E-state index contributed by atoms with van der Waals surface area (Å²) in [5, 5.41) is 0. The van der Waals surface area contributed by atoms with Gasteiger partial charge in [-0.05, 0) is 41.1 Å². The van der Waals surface area contributed by atoms with Crippen molar-refractivity contribution in [2.75, 3.05) is 0 Å². The molecule has 0 amide bonds. The summed E-state index contributed by atoms with van der Waals surface area (Å²) in [5.41, 5.74) is -0.530. The largest absolute Gasteiger partial charge is 0.289 e. The molecule has 0 radical (unpaired) electrons. The first kappa shape index (κ1) is 11.0. The van der Waals surface area contributed by atoms with Crippen LogP contribution in [-0.2, 0) is 0 Å². The summed E-state index contributed by atoms with van der Waals surface area (Å²) in [6, 6.07) is 2.26. The van der Waals surface area contributed by atoms with Gasteiger partial charge < -0.3 is 0 Å². The highest BCUT2D eigenvalue weighted by Crippen LogP contribution is 2.22. The molecule has 0 saturated carbocycles. The van der Waals surface area contributed by atoms with E-state index in [9.17, 15) is 13.6 Å². The minimum atomic E-state index is -0.867. The number of ketones is 1. The molecule has 0 atom stereocenters. The number of rotatable bonds is 2. The van der Waals surface area contributed by atoms with Gasteiger partial charge in [-0.2, -0.15) is 0 Å². The molecule has 0 aliphatic rings. The van der Waals surface area contributed by atoms with Crippen molar-refractivity contribution in [3.05, 3.63) is 46.0 Å². The summed E-state index contributed by atoms with van der Waals surface area (Å²) >= 11 is 2.88. The predicted molar refractivity (Wildman–Crippen MR) is 53.2 cm³/mol. The number of allylic oxidation sites excluding steroid dienone is 2. The second-order valence-electron chi connectivity index (χ2n) is 2.58. The lowest BCUT2D eigenvalue weighted by atomic mass is 10.1. The van der Waals surface area contributed by atoms with E-state index in [0.29, 0.717) is 0 Å². The highest BCUT2D eigenvalue weighted by atomic mass is 79.9. The third kappa shape index (κ3) is 2.07. The van der Waals surface area contributed by atoms with E-state index in [1.54, 1.807) is 6.92 Å². The van der Waals surface area contributed by atoms with E-state index in [-0.39, 0.29) is 4.47 Å². The van der Waals surface area contributed by atoms with Crippen LogP contribution in [0.25, 0.3) is 0 Å². The van der Waals surface area contributed by atoms with Gasteiger partial charge in [0.25, 0.3) is 0 Å². The van der Waals surface area contributed by atoms with E-state index < -0.39 is 23.0 Å². The fraction of sp³-hybridized carbons (Fsp3) is 0.100. The van der Waals surface area contributed by atoms with Crippen molar-refractivity contribution < 1.29 is 13.6 Å². The van der Waals surface area contributed by atoms with Gasteiger partial charge in [0, 0.05) is 0 Å². The smallest absolute Gasteiger partial charge is 0.191 e. The quantitative estimate of drug-likeness (QED) is 0.452. The monoisotopic (exact) mass is 260 g/mol. The number of benzene rings is 1. The standard InChI is InChI=1S/C10H7BrF2O/c1-2-3-8(14)9-7(12)5-4-6(11)10(9)13/h2-5H,1H3/b3-2+. The molecule has 74 valence electrons. The molecule has 0 unspecified atom stereocenters. The van der Waals surface area contributed by atoms with Crippen LogP contribution in [0.2, 0.25) is 0 Å². The van der Waals surface area contributed by atoms with Gasteiger partial charge in [0.15, 0.2) is 11.6 Å². The second-order valence-corrected chi connectivity index (χ2v) is 3.44. The van der Waals surface area contributed by atoms with Gasteiger partial charge in [-0.15, -0.1) is 0 Å². The van der Waals surface area contributed by atoms with E-state index in [0.717, 1.165) is 12.1 Å². The SMILES string of the molecule is C/C=C/C(=O)c1c(F)ccc(Br)c1F. The normalized spacial score (nSPS) is 10.9. The maximum absolute atomic E-state index is 13.3. The van der Waals surface area contributed by atoms with Gasteiger partial charge in [0.2, 0.25) is 0 Å². The second kappa shape index (κ2) is 4.46. The Hall–Kier alpha value is -1.03. The Balaban J connectivity index is 3.32. The van der Waals surface area contributed by atoms with Gasteiger partial charge in [0.05, 0.1) is 10.0 Å². The van der Waals surface area contributed by atoms with Crippen LogP contribution in [0.4, 0.5) is 8.78 Å². The van der Waals surface area contributed by atoms with Crippen molar-refractivity contribution in [1.29, 1.82) is 0 Å². The van der Waals surface area contributed by atoms with E-state index in [1.165, 1.54) is 12.1 Å². The third-order valence-corrected chi connectivity index (χ3v) is 2.22. The molecule has 0 fully saturated rings. The first-order valence-corrected chi connectivity index (χ1v) is 4.67. The lowest BCUT2D eigenvalue weighted by molar-refractivity contribution is 0.103. The molecule has 0 saturated heterocycles. The molecule has 0 aliphatic carbocycles. The minimum Gasteiger partial charge on any atom is -0.289 e. The summed E-state index contributed by atoms with van der Waals surface area (Å²) in [5.74, 6) is -2.40. The van der Waals surface area contributed by atoms with Crippen molar-refractivity contribution in [1.82, 2.24) is 0 Å². The summed E-state index contributed by atoms with van der Waals surface area (Å²) in [4.78, 5) is 11.3. The van der Waals surface area contributed by atoms with Crippen molar-refractivity contribution in [2.24, 2.45) is 0 Å². The third-order valence-electron chi connectivity index (χ3n) is 1.61.